The highest BCUT2D eigenvalue weighted by Gasteiger charge is 2.22. The molecule has 0 aliphatic carbocycles. The van der Waals surface area contributed by atoms with Crippen LogP contribution in [0.2, 0.25) is 10.0 Å². The zero-order valence-electron chi connectivity index (χ0n) is 8.86. The maximum Gasteiger partial charge on any atom is 0.153 e. The van der Waals surface area contributed by atoms with Crippen molar-refractivity contribution in [1.82, 2.24) is 15.0 Å². The van der Waals surface area contributed by atoms with E-state index in [2.05, 4.69) is 26.2 Å². The lowest BCUT2D eigenvalue weighted by molar-refractivity contribution is 0.651. The van der Waals surface area contributed by atoms with Crippen LogP contribution in [0.25, 0.3) is 0 Å². The van der Waals surface area contributed by atoms with E-state index in [0.717, 1.165) is 5.69 Å². The van der Waals surface area contributed by atoms with Crippen LogP contribution in [0.3, 0.4) is 0 Å². The summed E-state index contributed by atoms with van der Waals surface area (Å²) in [6, 6.07) is 4.79. The van der Waals surface area contributed by atoms with Crippen molar-refractivity contribution in [3.05, 3.63) is 44.1 Å². The number of aryl methyl sites for hydroxylation is 1. The van der Waals surface area contributed by atoms with Gasteiger partial charge < -0.3 is 5.73 Å². The van der Waals surface area contributed by atoms with Gasteiger partial charge in [-0.15, -0.1) is 5.10 Å². The molecule has 90 valence electrons. The first kappa shape index (κ1) is 12.8. The fourth-order valence-electron chi connectivity index (χ4n) is 1.61. The number of rotatable bonds is 2. The number of benzene rings is 1. The Balaban J connectivity index is 2.55. The molecule has 0 fully saturated rings. The second-order valence-electron chi connectivity index (χ2n) is 3.50. The fraction of sp³-hybridized carbons (Fsp3) is 0.200. The first-order chi connectivity index (χ1) is 8.02. The summed E-state index contributed by atoms with van der Waals surface area (Å²) >= 11 is 15.5. The second-order valence-corrected chi connectivity index (χ2v) is 5.07. The normalized spacial score (nSPS) is 12.8. The van der Waals surface area contributed by atoms with E-state index in [0.29, 0.717) is 20.2 Å². The molecule has 0 amide bonds. The molecule has 2 aromatic rings. The van der Waals surface area contributed by atoms with E-state index in [1.807, 2.05) is 0 Å². The molecule has 0 aliphatic rings. The molecule has 0 radical (unpaired) electrons. The van der Waals surface area contributed by atoms with Crippen LogP contribution in [0, 0.1) is 0 Å². The molecule has 0 aliphatic heterocycles. The molecule has 17 heavy (non-hydrogen) atoms. The Morgan fingerprint density at radius 2 is 1.94 bits per heavy atom. The predicted octanol–water partition coefficient (Wildman–Crippen LogP) is 2.93. The quantitative estimate of drug-likeness (QED) is 0.918. The number of nitrogens with two attached hydrogens (primary N) is 1. The summed E-state index contributed by atoms with van der Waals surface area (Å²) in [5.41, 5.74) is 7.56. The highest BCUT2D eigenvalue weighted by molar-refractivity contribution is 9.10. The van der Waals surface area contributed by atoms with Crippen molar-refractivity contribution < 1.29 is 0 Å². The standard InChI is InChI=1S/C10H9BrCl2N4/c1-17-9(10(11)15-16-17)8(14)7-5(12)3-2-4-6(7)13/h2-4,8H,14H2,1H3. The third-order valence-electron chi connectivity index (χ3n) is 2.43. The maximum absolute atomic E-state index is 6.16. The van der Waals surface area contributed by atoms with Gasteiger partial charge in [-0.25, -0.2) is 4.68 Å². The van der Waals surface area contributed by atoms with E-state index in [4.69, 9.17) is 28.9 Å². The molecule has 1 unspecified atom stereocenters. The van der Waals surface area contributed by atoms with E-state index >= 15 is 0 Å². The maximum atomic E-state index is 6.16. The van der Waals surface area contributed by atoms with Gasteiger partial charge in [-0.05, 0) is 28.1 Å². The van der Waals surface area contributed by atoms with Gasteiger partial charge in [0.2, 0.25) is 0 Å². The smallest absolute Gasteiger partial charge is 0.153 e. The summed E-state index contributed by atoms with van der Waals surface area (Å²) in [4.78, 5) is 0. The number of nitrogens with zero attached hydrogens (tertiary/aromatic N) is 3. The van der Waals surface area contributed by atoms with Crippen molar-refractivity contribution in [3.63, 3.8) is 0 Å². The van der Waals surface area contributed by atoms with Crippen LogP contribution in [-0.2, 0) is 7.05 Å². The number of hydrogen-bond donors (Lipinski definition) is 1. The molecule has 2 N–H and O–H groups in total. The summed E-state index contributed by atoms with van der Waals surface area (Å²) in [7, 11) is 1.76. The van der Waals surface area contributed by atoms with Crippen LogP contribution in [0.1, 0.15) is 17.3 Å². The van der Waals surface area contributed by atoms with E-state index in [1.54, 1.807) is 29.9 Å². The number of aromatic nitrogens is 3. The zero-order valence-corrected chi connectivity index (χ0v) is 12.0. The topological polar surface area (TPSA) is 56.7 Å². The summed E-state index contributed by atoms with van der Waals surface area (Å²) in [5.74, 6) is 0. The minimum absolute atomic E-state index is 0.481. The molecule has 0 bridgehead atoms. The predicted molar refractivity (Wildman–Crippen MR) is 71.2 cm³/mol. The van der Waals surface area contributed by atoms with Gasteiger partial charge in [-0.3, -0.25) is 0 Å². The molecule has 4 nitrogen and oxygen atoms in total. The average molecular weight is 336 g/mol. The lowest BCUT2D eigenvalue weighted by Crippen LogP contribution is -2.17. The Hall–Kier alpha value is -0.620. The molecule has 1 aromatic heterocycles. The van der Waals surface area contributed by atoms with Gasteiger partial charge in [0.1, 0.15) is 0 Å². The Morgan fingerprint density at radius 1 is 1.35 bits per heavy atom. The van der Waals surface area contributed by atoms with Crippen molar-refractivity contribution in [3.8, 4) is 0 Å². The monoisotopic (exact) mass is 334 g/mol. The third kappa shape index (κ3) is 2.33. The van der Waals surface area contributed by atoms with Crippen LogP contribution in [-0.4, -0.2) is 15.0 Å². The molecule has 1 atom stereocenters. The van der Waals surface area contributed by atoms with Gasteiger partial charge in [0.05, 0.1) is 11.7 Å². The zero-order chi connectivity index (χ0) is 12.6. The summed E-state index contributed by atoms with van der Waals surface area (Å²) in [6.45, 7) is 0. The molecular formula is C10H9BrCl2N4. The van der Waals surface area contributed by atoms with Crippen LogP contribution in [0.15, 0.2) is 22.8 Å². The molecule has 1 aromatic carbocycles. The van der Waals surface area contributed by atoms with E-state index in [9.17, 15) is 0 Å². The van der Waals surface area contributed by atoms with E-state index in [1.165, 1.54) is 0 Å². The van der Waals surface area contributed by atoms with Gasteiger partial charge in [0, 0.05) is 22.7 Å². The van der Waals surface area contributed by atoms with Crippen molar-refractivity contribution in [2.75, 3.05) is 0 Å². The van der Waals surface area contributed by atoms with Crippen LogP contribution in [0.5, 0.6) is 0 Å². The van der Waals surface area contributed by atoms with E-state index < -0.39 is 6.04 Å². The van der Waals surface area contributed by atoms with Crippen LogP contribution in [0.4, 0.5) is 0 Å². The van der Waals surface area contributed by atoms with Crippen LogP contribution < -0.4 is 5.73 Å². The Kier molecular flexibility index (Phi) is 3.73. The fourth-order valence-corrected chi connectivity index (χ4v) is 2.82. The molecule has 0 saturated heterocycles. The average Bonchev–Trinajstić information content (AvgIpc) is 2.58. The third-order valence-corrected chi connectivity index (χ3v) is 3.66. The molecule has 0 saturated carbocycles. The van der Waals surface area contributed by atoms with Gasteiger partial charge in [-0.2, -0.15) is 0 Å². The number of hydrogen-bond acceptors (Lipinski definition) is 3. The molecular weight excluding hydrogens is 327 g/mol. The molecule has 7 heteroatoms. The SMILES string of the molecule is Cn1nnc(Br)c1C(N)c1c(Cl)cccc1Cl. The minimum Gasteiger partial charge on any atom is -0.319 e. The lowest BCUT2D eigenvalue weighted by atomic mass is 10.1. The Labute approximate surface area is 117 Å². The highest BCUT2D eigenvalue weighted by Crippen LogP contribution is 2.34. The van der Waals surface area contributed by atoms with Crippen molar-refractivity contribution in [2.45, 2.75) is 6.04 Å². The van der Waals surface area contributed by atoms with Crippen molar-refractivity contribution >= 4 is 39.1 Å². The van der Waals surface area contributed by atoms with E-state index in [-0.39, 0.29) is 0 Å². The Bertz CT molecular complexity index is 515. The van der Waals surface area contributed by atoms with Crippen molar-refractivity contribution in [1.29, 1.82) is 0 Å². The molecule has 1 heterocycles. The summed E-state index contributed by atoms with van der Waals surface area (Å²) < 4.78 is 2.18. The first-order valence-electron chi connectivity index (χ1n) is 4.77. The lowest BCUT2D eigenvalue weighted by Gasteiger charge is -2.15. The summed E-state index contributed by atoms with van der Waals surface area (Å²) in [6.07, 6.45) is 0. The van der Waals surface area contributed by atoms with Gasteiger partial charge in [0.15, 0.2) is 4.60 Å². The minimum atomic E-state index is -0.481. The van der Waals surface area contributed by atoms with Gasteiger partial charge in [-0.1, -0.05) is 34.5 Å². The van der Waals surface area contributed by atoms with Gasteiger partial charge in [0.25, 0.3) is 0 Å². The first-order valence-corrected chi connectivity index (χ1v) is 6.32. The summed E-state index contributed by atoms with van der Waals surface area (Å²) in [5, 5.41) is 8.81. The highest BCUT2D eigenvalue weighted by atomic mass is 79.9. The number of halogens is 3. The Morgan fingerprint density at radius 3 is 2.41 bits per heavy atom. The van der Waals surface area contributed by atoms with Gasteiger partial charge >= 0.3 is 0 Å². The largest absolute Gasteiger partial charge is 0.319 e. The molecule has 0 spiro atoms. The van der Waals surface area contributed by atoms with Crippen molar-refractivity contribution in [2.24, 2.45) is 12.8 Å². The second kappa shape index (κ2) is 4.94. The van der Waals surface area contributed by atoms with Crippen LogP contribution >= 0.6 is 39.1 Å². The molecule has 2 rings (SSSR count).